The molecule has 0 aromatic rings. The van der Waals surface area contributed by atoms with Crippen LogP contribution in [0.25, 0.3) is 0 Å². The molecule has 0 aliphatic rings. The molecule has 0 spiro atoms. The second kappa shape index (κ2) is 9.46. The summed E-state index contributed by atoms with van der Waals surface area (Å²) in [4.78, 5) is 0. The zero-order valence-electron chi connectivity index (χ0n) is 5.24. The number of hydrogen-bond acceptors (Lipinski definition) is 2. The summed E-state index contributed by atoms with van der Waals surface area (Å²) in [6, 6.07) is 1.33. The van der Waals surface area contributed by atoms with Gasteiger partial charge in [-0.3, -0.25) is 0 Å². The molecule has 0 aromatic heterocycles. The molecule has 46 valence electrons. The lowest BCUT2D eigenvalue weighted by Crippen LogP contribution is -1.89. The second-order valence-corrected chi connectivity index (χ2v) is 3.04. The summed E-state index contributed by atoms with van der Waals surface area (Å²) in [6.45, 7) is 2.19. The summed E-state index contributed by atoms with van der Waals surface area (Å²) in [5.41, 5.74) is 0. The van der Waals surface area contributed by atoms with E-state index in [4.69, 9.17) is 4.43 Å². The molecule has 3 heteroatoms. The van der Waals surface area contributed by atoms with Crippen LogP contribution >= 0.6 is 0 Å². The van der Waals surface area contributed by atoms with Crippen molar-refractivity contribution in [2.75, 3.05) is 7.11 Å². The predicted molar refractivity (Wildman–Crippen MR) is 35.7 cm³/mol. The van der Waals surface area contributed by atoms with Crippen molar-refractivity contribution in [1.82, 2.24) is 6.15 Å². The molecule has 0 fully saturated rings. The van der Waals surface area contributed by atoms with Gasteiger partial charge in [0.05, 0.1) is 0 Å². The highest BCUT2D eigenvalue weighted by Gasteiger charge is 1.77. The topological polar surface area (TPSA) is 44.2 Å². The third-order valence-corrected chi connectivity index (χ3v) is 2.11. The smallest absolute Gasteiger partial charge is 0.161 e. The average Bonchev–Trinajstić information content (AvgIpc) is 1.61. The Kier molecular flexibility index (Phi) is 13.8. The molecular formula is C4H15NOSi. The summed E-state index contributed by atoms with van der Waals surface area (Å²) in [7, 11) is 1.72. The van der Waals surface area contributed by atoms with Crippen LogP contribution in [-0.4, -0.2) is 16.9 Å². The third-order valence-electron chi connectivity index (χ3n) is 0.702. The van der Waals surface area contributed by atoms with E-state index in [0.717, 1.165) is 0 Å². The van der Waals surface area contributed by atoms with E-state index in [9.17, 15) is 0 Å². The minimum absolute atomic E-state index is 0. The highest BCUT2D eigenvalue weighted by Crippen LogP contribution is 1.82. The first kappa shape index (κ1) is 10.2. The van der Waals surface area contributed by atoms with Gasteiger partial charge in [0.2, 0.25) is 0 Å². The van der Waals surface area contributed by atoms with E-state index in [-0.39, 0.29) is 15.9 Å². The van der Waals surface area contributed by atoms with Crippen LogP contribution in [-0.2, 0) is 4.43 Å². The molecule has 0 saturated heterocycles. The Morgan fingerprint density at radius 2 is 2.14 bits per heavy atom. The van der Waals surface area contributed by atoms with Gasteiger partial charge < -0.3 is 10.6 Å². The summed E-state index contributed by atoms with van der Waals surface area (Å²) in [5, 5.41) is 0. The van der Waals surface area contributed by atoms with Crippen molar-refractivity contribution >= 4 is 9.76 Å². The van der Waals surface area contributed by atoms with Crippen molar-refractivity contribution in [3.8, 4) is 0 Å². The first-order valence-electron chi connectivity index (χ1n) is 2.40. The molecule has 0 heterocycles. The van der Waals surface area contributed by atoms with Crippen LogP contribution in [0.15, 0.2) is 0 Å². The van der Waals surface area contributed by atoms with Crippen LogP contribution in [0.4, 0.5) is 0 Å². The highest BCUT2D eigenvalue weighted by molar-refractivity contribution is 6.26. The first-order valence-corrected chi connectivity index (χ1v) is 3.98. The molecule has 0 radical (unpaired) electrons. The van der Waals surface area contributed by atoms with Gasteiger partial charge in [-0.15, -0.1) is 0 Å². The van der Waals surface area contributed by atoms with Gasteiger partial charge >= 0.3 is 0 Å². The molecular weight excluding hydrogens is 106 g/mol. The van der Waals surface area contributed by atoms with Crippen LogP contribution in [0.3, 0.4) is 0 Å². The minimum atomic E-state index is -0.0783. The van der Waals surface area contributed by atoms with Crippen molar-refractivity contribution in [3.05, 3.63) is 0 Å². The van der Waals surface area contributed by atoms with Gasteiger partial charge in [-0.25, -0.2) is 0 Å². The van der Waals surface area contributed by atoms with E-state index < -0.39 is 0 Å². The highest BCUT2D eigenvalue weighted by atomic mass is 28.2. The molecule has 0 aliphatic heterocycles. The van der Waals surface area contributed by atoms with Gasteiger partial charge in [0.25, 0.3) is 0 Å². The third kappa shape index (κ3) is 10.7. The van der Waals surface area contributed by atoms with Crippen LogP contribution in [0, 0.1) is 0 Å². The lowest BCUT2D eigenvalue weighted by molar-refractivity contribution is 0.440. The van der Waals surface area contributed by atoms with E-state index in [1.807, 2.05) is 0 Å². The standard InChI is InChI=1S/C4H12OSi.H3N/c1-3-4-6-5-2;/h3-4,6H2,1-2H3;1H3. The lowest BCUT2D eigenvalue weighted by atomic mass is 10.6. The lowest BCUT2D eigenvalue weighted by Gasteiger charge is -1.88. The van der Waals surface area contributed by atoms with Gasteiger partial charge in [0.15, 0.2) is 9.76 Å². The fourth-order valence-corrected chi connectivity index (χ4v) is 0.866. The maximum Gasteiger partial charge on any atom is 0.161 e. The Balaban J connectivity index is 0. The molecule has 2 nitrogen and oxygen atoms in total. The second-order valence-electron chi connectivity index (χ2n) is 1.35. The van der Waals surface area contributed by atoms with Crippen molar-refractivity contribution in [1.29, 1.82) is 0 Å². The summed E-state index contributed by atoms with van der Waals surface area (Å²) in [5.74, 6) is 0. The van der Waals surface area contributed by atoms with Crippen LogP contribution < -0.4 is 6.15 Å². The van der Waals surface area contributed by atoms with Crippen molar-refractivity contribution in [2.45, 2.75) is 19.4 Å². The fraction of sp³-hybridized carbons (Fsp3) is 1.00. The maximum atomic E-state index is 4.92. The normalized spacial score (nSPS) is 9.43. The summed E-state index contributed by atoms with van der Waals surface area (Å²) >= 11 is 0. The Hall–Kier alpha value is 0.137. The molecule has 0 aliphatic carbocycles. The van der Waals surface area contributed by atoms with Crippen LogP contribution in [0.2, 0.25) is 6.04 Å². The van der Waals surface area contributed by atoms with E-state index >= 15 is 0 Å². The first-order chi connectivity index (χ1) is 2.91. The Morgan fingerprint density at radius 1 is 1.57 bits per heavy atom. The maximum absolute atomic E-state index is 4.92. The largest absolute Gasteiger partial charge is 0.427 e. The zero-order chi connectivity index (χ0) is 4.83. The van der Waals surface area contributed by atoms with Crippen LogP contribution in [0.1, 0.15) is 13.3 Å². The van der Waals surface area contributed by atoms with Crippen LogP contribution in [0.5, 0.6) is 0 Å². The molecule has 0 amide bonds. The zero-order valence-corrected chi connectivity index (χ0v) is 6.65. The predicted octanol–water partition coefficient (Wildman–Crippen LogP) is 0.707. The average molecular weight is 121 g/mol. The quantitative estimate of drug-likeness (QED) is 0.441. The molecule has 7 heavy (non-hydrogen) atoms. The Morgan fingerprint density at radius 3 is 2.29 bits per heavy atom. The fourth-order valence-electron chi connectivity index (χ4n) is 0.289. The van der Waals surface area contributed by atoms with Gasteiger partial charge in [0.1, 0.15) is 0 Å². The van der Waals surface area contributed by atoms with Gasteiger partial charge in [-0.1, -0.05) is 13.3 Å². The minimum Gasteiger partial charge on any atom is -0.427 e. The molecule has 0 atom stereocenters. The summed E-state index contributed by atoms with van der Waals surface area (Å²) in [6.07, 6.45) is 1.29. The molecule has 3 N–H and O–H groups in total. The van der Waals surface area contributed by atoms with Gasteiger partial charge in [-0.2, -0.15) is 0 Å². The molecule has 0 rings (SSSR count). The van der Waals surface area contributed by atoms with Crippen molar-refractivity contribution < 1.29 is 4.43 Å². The Labute approximate surface area is 47.8 Å². The van der Waals surface area contributed by atoms with Crippen molar-refractivity contribution in [2.24, 2.45) is 0 Å². The Bertz CT molecular complexity index is 23.7. The van der Waals surface area contributed by atoms with E-state index in [2.05, 4.69) is 6.92 Å². The monoisotopic (exact) mass is 121 g/mol. The van der Waals surface area contributed by atoms with Crippen molar-refractivity contribution in [3.63, 3.8) is 0 Å². The molecule has 0 aromatic carbocycles. The van der Waals surface area contributed by atoms with Gasteiger partial charge in [-0.05, 0) is 6.04 Å². The number of hydrogen-bond donors (Lipinski definition) is 1. The van der Waals surface area contributed by atoms with E-state index in [0.29, 0.717) is 0 Å². The SMILES string of the molecule is CCC[SiH2]OC.N. The molecule has 0 unspecified atom stereocenters. The van der Waals surface area contributed by atoms with E-state index in [1.54, 1.807) is 7.11 Å². The van der Waals surface area contributed by atoms with E-state index in [1.165, 1.54) is 12.5 Å². The summed E-state index contributed by atoms with van der Waals surface area (Å²) < 4.78 is 4.92. The molecule has 0 saturated carbocycles. The number of rotatable bonds is 3. The molecule has 0 bridgehead atoms. The van der Waals surface area contributed by atoms with Gasteiger partial charge in [0, 0.05) is 7.11 Å².